The van der Waals surface area contributed by atoms with Gasteiger partial charge in [-0.3, -0.25) is 9.59 Å². The van der Waals surface area contributed by atoms with Crippen LogP contribution in [0, 0.1) is 0 Å². The van der Waals surface area contributed by atoms with E-state index < -0.39 is 0 Å². The Morgan fingerprint density at radius 1 is 1.39 bits per heavy atom. The first kappa shape index (κ1) is 13.1. The number of benzene rings is 1. The highest BCUT2D eigenvalue weighted by Crippen LogP contribution is 2.14. The van der Waals surface area contributed by atoms with Crippen molar-refractivity contribution in [3.63, 3.8) is 0 Å². The third kappa shape index (κ3) is 3.35. The van der Waals surface area contributed by atoms with Crippen LogP contribution in [0.1, 0.15) is 30.4 Å². The fourth-order valence-corrected chi connectivity index (χ4v) is 2.43. The second kappa shape index (κ2) is 6.05. The van der Waals surface area contributed by atoms with E-state index in [9.17, 15) is 9.59 Å². The van der Waals surface area contributed by atoms with E-state index >= 15 is 0 Å². The highest BCUT2D eigenvalue weighted by Gasteiger charge is 2.25. The Balaban J connectivity index is 1.92. The number of thiol groups is 1. The molecule has 0 spiro atoms. The van der Waals surface area contributed by atoms with Crippen molar-refractivity contribution in [1.82, 2.24) is 5.32 Å². The zero-order chi connectivity index (χ0) is 13.0. The lowest BCUT2D eigenvalue weighted by Crippen LogP contribution is -2.38. The number of hydrogen-bond acceptors (Lipinski definition) is 3. The average Bonchev–Trinajstić information content (AvgIpc) is 2.75. The van der Waals surface area contributed by atoms with Crippen molar-refractivity contribution in [3.8, 4) is 0 Å². The number of carbonyl (C=O) groups is 2. The zero-order valence-corrected chi connectivity index (χ0v) is 11.1. The van der Waals surface area contributed by atoms with Crippen molar-refractivity contribution in [2.45, 2.75) is 37.5 Å². The molecule has 0 aliphatic heterocycles. The van der Waals surface area contributed by atoms with Crippen molar-refractivity contribution < 1.29 is 9.59 Å². The van der Waals surface area contributed by atoms with Gasteiger partial charge in [0, 0.05) is 12.2 Å². The Labute approximate surface area is 112 Å². The number of amides is 1. The molecule has 1 fully saturated rings. The van der Waals surface area contributed by atoms with Crippen molar-refractivity contribution in [2.24, 2.45) is 0 Å². The minimum absolute atomic E-state index is 0.0773. The summed E-state index contributed by atoms with van der Waals surface area (Å²) in [5.74, 6) is 0.746. The maximum atomic E-state index is 11.8. The monoisotopic (exact) mass is 263 g/mol. The van der Waals surface area contributed by atoms with Gasteiger partial charge in [0.2, 0.25) is 5.91 Å². The van der Waals surface area contributed by atoms with Crippen molar-refractivity contribution in [2.75, 3.05) is 0 Å². The van der Waals surface area contributed by atoms with Crippen LogP contribution in [0.15, 0.2) is 24.3 Å². The minimum Gasteiger partial charge on any atom is -0.346 e. The van der Waals surface area contributed by atoms with Crippen LogP contribution in [0.2, 0.25) is 0 Å². The number of Topliss-reactive ketones (excluding diaryl/α,β-unsaturated/α-hetero) is 1. The molecule has 1 atom stereocenters. The summed E-state index contributed by atoms with van der Waals surface area (Å²) in [6.07, 6.45) is 2.59. The first-order chi connectivity index (χ1) is 8.69. The van der Waals surface area contributed by atoms with Gasteiger partial charge in [0.1, 0.15) is 0 Å². The lowest BCUT2D eigenvalue weighted by molar-refractivity contribution is -0.126. The van der Waals surface area contributed by atoms with E-state index in [1.807, 2.05) is 24.3 Å². The number of rotatable bonds is 4. The number of hydrogen-bond donors (Lipinski definition) is 2. The summed E-state index contributed by atoms with van der Waals surface area (Å²) in [5, 5.41) is 2.81. The molecule has 0 aromatic heterocycles. The molecule has 0 saturated heterocycles. The van der Waals surface area contributed by atoms with Gasteiger partial charge in [0.15, 0.2) is 5.78 Å². The molecule has 1 aliphatic carbocycles. The quantitative estimate of drug-likeness (QED) is 0.815. The van der Waals surface area contributed by atoms with Crippen LogP contribution < -0.4 is 5.32 Å². The van der Waals surface area contributed by atoms with Crippen LogP contribution in [0.25, 0.3) is 0 Å². The molecule has 96 valence electrons. The first-order valence-electron chi connectivity index (χ1n) is 6.20. The lowest BCUT2D eigenvalue weighted by Gasteiger charge is -2.11. The second-order valence-electron chi connectivity index (χ2n) is 4.63. The van der Waals surface area contributed by atoms with E-state index in [-0.39, 0.29) is 17.7 Å². The summed E-state index contributed by atoms with van der Waals surface area (Å²) in [7, 11) is 0. The van der Waals surface area contributed by atoms with E-state index in [1.54, 1.807) is 0 Å². The molecule has 2 rings (SSSR count). The Hall–Kier alpha value is -1.29. The highest BCUT2D eigenvalue weighted by molar-refractivity contribution is 7.79. The molecule has 0 bridgehead atoms. The van der Waals surface area contributed by atoms with Gasteiger partial charge in [-0.25, -0.2) is 0 Å². The van der Waals surface area contributed by atoms with Crippen molar-refractivity contribution in [3.05, 3.63) is 35.4 Å². The van der Waals surface area contributed by atoms with E-state index in [2.05, 4.69) is 17.9 Å². The Kier molecular flexibility index (Phi) is 4.42. The van der Waals surface area contributed by atoms with Gasteiger partial charge in [-0.1, -0.05) is 24.3 Å². The van der Waals surface area contributed by atoms with Gasteiger partial charge in [-0.15, -0.1) is 0 Å². The van der Waals surface area contributed by atoms with E-state index in [0.717, 1.165) is 24.0 Å². The molecule has 4 heteroatoms. The SMILES string of the molecule is O=C(Cc1cccc(CS)c1)N[C@@H]1CCCC1=O. The van der Waals surface area contributed by atoms with Crippen LogP contribution >= 0.6 is 12.6 Å². The van der Waals surface area contributed by atoms with Gasteiger partial charge in [0.25, 0.3) is 0 Å². The van der Waals surface area contributed by atoms with Crippen LogP contribution in [0.4, 0.5) is 0 Å². The molecule has 3 nitrogen and oxygen atoms in total. The summed E-state index contributed by atoms with van der Waals surface area (Å²) in [4.78, 5) is 23.3. The zero-order valence-electron chi connectivity index (χ0n) is 10.2. The Morgan fingerprint density at radius 3 is 2.83 bits per heavy atom. The molecule has 1 amide bonds. The summed E-state index contributed by atoms with van der Waals surface area (Å²) in [6, 6.07) is 7.54. The largest absolute Gasteiger partial charge is 0.346 e. The molecular formula is C14H17NO2S. The number of carbonyl (C=O) groups excluding carboxylic acids is 2. The lowest BCUT2D eigenvalue weighted by atomic mass is 10.1. The molecule has 0 radical (unpaired) electrons. The summed E-state index contributed by atoms with van der Waals surface area (Å²) in [5.41, 5.74) is 2.06. The summed E-state index contributed by atoms with van der Waals surface area (Å²) < 4.78 is 0. The molecule has 1 saturated carbocycles. The fourth-order valence-electron chi connectivity index (χ4n) is 2.24. The second-order valence-corrected chi connectivity index (χ2v) is 4.95. The number of nitrogens with one attached hydrogen (secondary N) is 1. The van der Waals surface area contributed by atoms with Gasteiger partial charge >= 0.3 is 0 Å². The van der Waals surface area contributed by atoms with Gasteiger partial charge in [-0.05, 0) is 24.0 Å². The van der Waals surface area contributed by atoms with Crippen LogP contribution in [0.3, 0.4) is 0 Å². The molecule has 0 unspecified atom stereocenters. The first-order valence-corrected chi connectivity index (χ1v) is 6.83. The van der Waals surface area contributed by atoms with Gasteiger partial charge in [0.05, 0.1) is 12.5 Å². The molecule has 1 N–H and O–H groups in total. The molecule has 0 heterocycles. The molecule has 1 aromatic rings. The van der Waals surface area contributed by atoms with Crippen molar-refractivity contribution >= 4 is 24.3 Å². The van der Waals surface area contributed by atoms with Gasteiger partial charge < -0.3 is 5.32 Å². The van der Waals surface area contributed by atoms with Crippen LogP contribution in [-0.4, -0.2) is 17.7 Å². The predicted octanol–water partition coefficient (Wildman–Crippen LogP) is 1.90. The van der Waals surface area contributed by atoms with Crippen LogP contribution in [0.5, 0.6) is 0 Å². The Bertz CT molecular complexity index is 459. The van der Waals surface area contributed by atoms with Crippen molar-refractivity contribution in [1.29, 1.82) is 0 Å². The standard InChI is InChI=1S/C14H17NO2S/c16-13-6-2-5-12(13)15-14(17)8-10-3-1-4-11(7-10)9-18/h1,3-4,7,12,18H,2,5-6,8-9H2,(H,15,17)/t12-/m1/s1. The molecular weight excluding hydrogens is 246 g/mol. The molecule has 1 aliphatic rings. The maximum absolute atomic E-state index is 11.8. The number of ketones is 1. The fraction of sp³-hybridized carbons (Fsp3) is 0.429. The van der Waals surface area contributed by atoms with E-state index in [4.69, 9.17) is 0 Å². The maximum Gasteiger partial charge on any atom is 0.224 e. The van der Waals surface area contributed by atoms with E-state index in [0.29, 0.717) is 18.6 Å². The normalized spacial score (nSPS) is 18.9. The Morgan fingerprint density at radius 2 is 2.17 bits per heavy atom. The van der Waals surface area contributed by atoms with E-state index in [1.165, 1.54) is 0 Å². The minimum atomic E-state index is -0.259. The highest BCUT2D eigenvalue weighted by atomic mass is 32.1. The van der Waals surface area contributed by atoms with Gasteiger partial charge in [-0.2, -0.15) is 12.6 Å². The molecule has 18 heavy (non-hydrogen) atoms. The molecule has 1 aromatic carbocycles. The third-order valence-electron chi connectivity index (χ3n) is 3.18. The summed E-state index contributed by atoms with van der Waals surface area (Å²) in [6.45, 7) is 0. The predicted molar refractivity (Wildman–Crippen MR) is 73.6 cm³/mol. The smallest absolute Gasteiger partial charge is 0.224 e. The average molecular weight is 263 g/mol. The summed E-state index contributed by atoms with van der Waals surface area (Å²) >= 11 is 4.21. The van der Waals surface area contributed by atoms with Crippen LogP contribution in [-0.2, 0) is 21.8 Å². The topological polar surface area (TPSA) is 46.2 Å². The third-order valence-corrected chi connectivity index (χ3v) is 3.54.